The summed E-state index contributed by atoms with van der Waals surface area (Å²) in [5, 5.41) is 0. The Morgan fingerprint density at radius 1 is 0.429 bits per heavy atom. The first kappa shape index (κ1) is 31.4. The molecule has 0 radical (unpaired) electrons. The number of anilines is 1. The van der Waals surface area contributed by atoms with E-state index >= 15 is 0 Å². The van der Waals surface area contributed by atoms with Crippen molar-refractivity contribution in [2.75, 3.05) is 5.73 Å². The quantitative estimate of drug-likeness (QED) is 0.188. The van der Waals surface area contributed by atoms with E-state index in [1.165, 1.54) is 66.8 Å². The van der Waals surface area contributed by atoms with Crippen molar-refractivity contribution < 1.29 is 0 Å². The van der Waals surface area contributed by atoms with Gasteiger partial charge in [0.05, 0.1) is 5.41 Å². The van der Waals surface area contributed by atoms with Crippen LogP contribution in [0.2, 0.25) is 0 Å². The molecule has 0 amide bonds. The smallest absolute Gasteiger partial charge is 0.0719 e. The normalized spacial score (nSPS) is 15.3. The van der Waals surface area contributed by atoms with Gasteiger partial charge in [-0.2, -0.15) is 0 Å². The standard InChI is InChI=1S/C48H47N/c1-45(2,3)31-27-30(28-32(29-31)46(4,5)6)33-18-15-20-35(44(33)49)34-19-16-26-42-43(34)36-17-9-10-21-37(36)48(42)40-24-13-11-22-38(40)47(7,8)39-23-12-14-25-41(39)48/h9-29H,49H2,1-8H3. The monoisotopic (exact) mass is 637 g/mol. The summed E-state index contributed by atoms with van der Waals surface area (Å²) in [6.45, 7) is 18.5. The number of rotatable bonds is 2. The highest BCUT2D eigenvalue weighted by Gasteiger charge is 2.53. The lowest BCUT2D eigenvalue weighted by atomic mass is 9.55. The van der Waals surface area contributed by atoms with Crippen molar-refractivity contribution in [3.63, 3.8) is 0 Å². The van der Waals surface area contributed by atoms with Crippen molar-refractivity contribution in [3.05, 3.63) is 172 Å². The third-order valence-electron chi connectivity index (χ3n) is 11.5. The molecule has 6 aromatic rings. The van der Waals surface area contributed by atoms with Gasteiger partial charge in [0, 0.05) is 22.2 Å². The summed E-state index contributed by atoms with van der Waals surface area (Å²) in [7, 11) is 0. The van der Waals surface area contributed by atoms with Crippen LogP contribution in [0.15, 0.2) is 127 Å². The molecule has 0 saturated heterocycles. The van der Waals surface area contributed by atoms with Crippen LogP contribution in [0.4, 0.5) is 5.69 Å². The van der Waals surface area contributed by atoms with Crippen LogP contribution in [0.1, 0.15) is 99.9 Å². The van der Waals surface area contributed by atoms with E-state index in [0.29, 0.717) is 0 Å². The van der Waals surface area contributed by atoms with E-state index in [1.54, 1.807) is 0 Å². The Morgan fingerprint density at radius 2 is 0.857 bits per heavy atom. The Bertz CT molecular complexity index is 2200. The first-order valence-corrected chi connectivity index (χ1v) is 17.7. The maximum atomic E-state index is 7.34. The molecular weight excluding hydrogens is 591 g/mol. The van der Waals surface area contributed by atoms with Gasteiger partial charge >= 0.3 is 0 Å². The second-order valence-corrected chi connectivity index (χ2v) is 16.8. The summed E-state index contributed by atoms with van der Waals surface area (Å²) >= 11 is 0. The van der Waals surface area contributed by atoms with Gasteiger partial charge in [-0.1, -0.05) is 183 Å². The lowest BCUT2D eigenvalue weighted by molar-refractivity contribution is 0.563. The van der Waals surface area contributed by atoms with Gasteiger partial charge in [0.1, 0.15) is 0 Å². The fourth-order valence-electron chi connectivity index (χ4n) is 8.83. The molecule has 8 rings (SSSR count). The molecule has 0 bridgehead atoms. The minimum Gasteiger partial charge on any atom is -0.398 e. The van der Waals surface area contributed by atoms with Crippen LogP contribution in [0.3, 0.4) is 0 Å². The van der Waals surface area contributed by atoms with Crippen molar-refractivity contribution in [1.29, 1.82) is 0 Å². The van der Waals surface area contributed by atoms with Crippen LogP contribution in [0, 0.1) is 0 Å². The van der Waals surface area contributed by atoms with Crippen LogP contribution < -0.4 is 5.73 Å². The summed E-state index contributed by atoms with van der Waals surface area (Å²) in [6, 6.07) is 47.9. The minimum atomic E-state index is -0.431. The molecule has 2 N–H and O–H groups in total. The lowest BCUT2D eigenvalue weighted by Gasteiger charge is -2.46. The van der Waals surface area contributed by atoms with E-state index in [4.69, 9.17) is 5.73 Å². The third-order valence-corrected chi connectivity index (χ3v) is 11.5. The van der Waals surface area contributed by atoms with Gasteiger partial charge in [-0.25, -0.2) is 0 Å². The number of nitrogen functional groups attached to an aromatic ring is 1. The molecule has 2 aliphatic carbocycles. The van der Waals surface area contributed by atoms with E-state index < -0.39 is 5.41 Å². The topological polar surface area (TPSA) is 26.0 Å². The van der Waals surface area contributed by atoms with Gasteiger partial charge in [-0.05, 0) is 77.6 Å². The number of hydrogen-bond donors (Lipinski definition) is 1. The summed E-state index contributed by atoms with van der Waals surface area (Å²) in [6.07, 6.45) is 0. The van der Waals surface area contributed by atoms with E-state index in [9.17, 15) is 0 Å². The number of hydrogen-bond acceptors (Lipinski definition) is 1. The minimum absolute atomic E-state index is 0.0157. The fourth-order valence-corrected chi connectivity index (χ4v) is 8.83. The zero-order chi connectivity index (χ0) is 34.5. The molecule has 49 heavy (non-hydrogen) atoms. The van der Waals surface area contributed by atoms with Gasteiger partial charge in [-0.3, -0.25) is 0 Å². The molecule has 0 heterocycles. The maximum absolute atomic E-state index is 7.34. The van der Waals surface area contributed by atoms with Crippen molar-refractivity contribution in [2.45, 2.75) is 77.0 Å². The summed E-state index contributed by atoms with van der Waals surface area (Å²) in [4.78, 5) is 0. The Kier molecular flexibility index (Phi) is 6.76. The molecule has 244 valence electrons. The van der Waals surface area contributed by atoms with Gasteiger partial charge in [0.2, 0.25) is 0 Å². The average molecular weight is 638 g/mol. The Balaban J connectivity index is 1.42. The van der Waals surface area contributed by atoms with Crippen LogP contribution in [0.5, 0.6) is 0 Å². The van der Waals surface area contributed by atoms with E-state index in [-0.39, 0.29) is 16.2 Å². The second kappa shape index (κ2) is 10.6. The van der Waals surface area contributed by atoms with Crippen molar-refractivity contribution in [3.8, 4) is 33.4 Å². The van der Waals surface area contributed by atoms with Crippen LogP contribution in [-0.2, 0) is 21.7 Å². The highest BCUT2D eigenvalue weighted by atomic mass is 14.6. The molecule has 0 aliphatic heterocycles. The molecule has 1 heteroatoms. The first-order valence-electron chi connectivity index (χ1n) is 17.7. The number of benzene rings is 6. The van der Waals surface area contributed by atoms with Crippen molar-refractivity contribution >= 4 is 5.69 Å². The molecule has 0 atom stereocenters. The SMILES string of the molecule is CC(C)(C)c1cc(-c2cccc(-c3cccc4c3-c3ccccc3C43c4ccccc4C(C)(C)c4ccccc43)c2N)cc(C(C)(C)C)c1. The third kappa shape index (κ3) is 4.44. The Morgan fingerprint density at radius 3 is 1.43 bits per heavy atom. The number of fused-ring (bicyclic) bond motifs is 9. The molecular formula is C48H47N. The fraction of sp³-hybridized carbons (Fsp3) is 0.250. The van der Waals surface area contributed by atoms with Gasteiger partial charge in [0.15, 0.2) is 0 Å². The predicted molar refractivity (Wildman–Crippen MR) is 209 cm³/mol. The molecule has 1 nitrogen and oxygen atoms in total. The maximum Gasteiger partial charge on any atom is 0.0719 e. The molecule has 0 fully saturated rings. The van der Waals surface area contributed by atoms with Crippen molar-refractivity contribution in [2.24, 2.45) is 0 Å². The molecule has 0 aromatic heterocycles. The largest absolute Gasteiger partial charge is 0.398 e. The Labute approximate surface area is 292 Å². The summed E-state index contributed by atoms with van der Waals surface area (Å²) in [5.41, 5.74) is 25.6. The van der Waals surface area contributed by atoms with Crippen LogP contribution in [0.25, 0.3) is 33.4 Å². The number of para-hydroxylation sites is 1. The average Bonchev–Trinajstić information content (AvgIpc) is 3.38. The molecule has 0 unspecified atom stereocenters. The summed E-state index contributed by atoms with van der Waals surface area (Å²) in [5.74, 6) is 0. The van der Waals surface area contributed by atoms with Crippen LogP contribution >= 0.6 is 0 Å². The van der Waals surface area contributed by atoms with Gasteiger partial charge in [0.25, 0.3) is 0 Å². The van der Waals surface area contributed by atoms with Gasteiger partial charge < -0.3 is 5.73 Å². The van der Waals surface area contributed by atoms with E-state index in [1.807, 2.05) is 0 Å². The highest BCUT2D eigenvalue weighted by molar-refractivity contribution is 6.00. The molecule has 2 aliphatic rings. The second-order valence-electron chi connectivity index (χ2n) is 16.8. The van der Waals surface area contributed by atoms with Crippen LogP contribution in [-0.4, -0.2) is 0 Å². The first-order chi connectivity index (χ1) is 23.3. The predicted octanol–water partition coefficient (Wildman–Crippen LogP) is 12.2. The molecule has 6 aromatic carbocycles. The van der Waals surface area contributed by atoms with E-state index in [0.717, 1.165) is 16.8 Å². The van der Waals surface area contributed by atoms with Gasteiger partial charge in [-0.15, -0.1) is 0 Å². The van der Waals surface area contributed by atoms with Crippen molar-refractivity contribution in [1.82, 2.24) is 0 Å². The Hall–Kier alpha value is -4.88. The zero-order valence-electron chi connectivity index (χ0n) is 30.2. The lowest BCUT2D eigenvalue weighted by Crippen LogP contribution is -2.40. The highest BCUT2D eigenvalue weighted by Crippen LogP contribution is 2.63. The van der Waals surface area contributed by atoms with E-state index in [2.05, 4.69) is 183 Å². The number of nitrogens with two attached hydrogens (primary N) is 1. The molecule has 1 spiro atoms. The zero-order valence-corrected chi connectivity index (χ0v) is 30.2. The summed E-state index contributed by atoms with van der Waals surface area (Å²) < 4.78 is 0. The molecule has 0 saturated carbocycles.